The van der Waals surface area contributed by atoms with Gasteiger partial charge in [0.15, 0.2) is 0 Å². The highest BCUT2D eigenvalue weighted by Crippen LogP contribution is 2.18. The van der Waals surface area contributed by atoms with Gasteiger partial charge in [0.1, 0.15) is 0 Å². The van der Waals surface area contributed by atoms with E-state index in [1.165, 1.54) is 27.6 Å². The molecule has 0 saturated carbocycles. The lowest BCUT2D eigenvalue weighted by molar-refractivity contribution is 0.835. The molecule has 0 amide bonds. The van der Waals surface area contributed by atoms with Crippen LogP contribution in [0.15, 0.2) is 54.7 Å². The SMILES string of the molecule is Cc1ccc(Cn2ccc3ccccc32)cc1C. The normalized spacial score (nSPS) is 11.0. The van der Waals surface area contributed by atoms with Crippen LogP contribution in [0.4, 0.5) is 0 Å². The van der Waals surface area contributed by atoms with E-state index in [2.05, 4.69) is 73.1 Å². The highest BCUT2D eigenvalue weighted by Gasteiger charge is 2.02. The molecule has 0 spiro atoms. The number of para-hydroxylation sites is 1. The second kappa shape index (κ2) is 4.34. The van der Waals surface area contributed by atoms with Crippen molar-refractivity contribution in [3.8, 4) is 0 Å². The zero-order chi connectivity index (χ0) is 12.5. The van der Waals surface area contributed by atoms with Crippen LogP contribution in [0.3, 0.4) is 0 Å². The fraction of sp³-hybridized carbons (Fsp3) is 0.176. The third-order valence-corrected chi connectivity index (χ3v) is 3.60. The summed E-state index contributed by atoms with van der Waals surface area (Å²) in [6.45, 7) is 5.27. The number of benzene rings is 2. The maximum absolute atomic E-state index is 2.30. The monoisotopic (exact) mass is 235 g/mol. The van der Waals surface area contributed by atoms with Crippen molar-refractivity contribution in [3.63, 3.8) is 0 Å². The van der Waals surface area contributed by atoms with E-state index in [4.69, 9.17) is 0 Å². The Morgan fingerprint density at radius 2 is 1.72 bits per heavy atom. The molecule has 1 nitrogen and oxygen atoms in total. The van der Waals surface area contributed by atoms with Crippen LogP contribution >= 0.6 is 0 Å². The molecule has 0 bridgehead atoms. The summed E-state index contributed by atoms with van der Waals surface area (Å²) >= 11 is 0. The first-order valence-electron chi connectivity index (χ1n) is 6.34. The van der Waals surface area contributed by atoms with E-state index in [9.17, 15) is 0 Å². The Kier molecular flexibility index (Phi) is 2.67. The van der Waals surface area contributed by atoms with Crippen molar-refractivity contribution in [2.45, 2.75) is 20.4 Å². The van der Waals surface area contributed by atoms with E-state index >= 15 is 0 Å². The fourth-order valence-corrected chi connectivity index (χ4v) is 2.38. The average Bonchev–Trinajstić information content (AvgIpc) is 2.78. The Morgan fingerprint density at radius 1 is 0.889 bits per heavy atom. The number of nitrogens with zero attached hydrogens (tertiary/aromatic N) is 1. The van der Waals surface area contributed by atoms with Crippen LogP contribution in [0, 0.1) is 13.8 Å². The van der Waals surface area contributed by atoms with Crippen LogP contribution in [0.2, 0.25) is 0 Å². The van der Waals surface area contributed by atoms with Gasteiger partial charge in [0.25, 0.3) is 0 Å². The summed E-state index contributed by atoms with van der Waals surface area (Å²) in [5, 5.41) is 1.31. The molecule has 0 aliphatic carbocycles. The number of aromatic nitrogens is 1. The molecule has 90 valence electrons. The van der Waals surface area contributed by atoms with Crippen LogP contribution in [-0.4, -0.2) is 4.57 Å². The van der Waals surface area contributed by atoms with Gasteiger partial charge in [-0.15, -0.1) is 0 Å². The first-order valence-corrected chi connectivity index (χ1v) is 6.34. The number of hydrogen-bond donors (Lipinski definition) is 0. The highest BCUT2D eigenvalue weighted by atomic mass is 14.9. The van der Waals surface area contributed by atoms with Crippen LogP contribution in [0.5, 0.6) is 0 Å². The summed E-state index contributed by atoms with van der Waals surface area (Å²) in [5.41, 5.74) is 5.38. The van der Waals surface area contributed by atoms with E-state index in [-0.39, 0.29) is 0 Å². The topological polar surface area (TPSA) is 4.93 Å². The summed E-state index contributed by atoms with van der Waals surface area (Å²) in [7, 11) is 0. The minimum atomic E-state index is 0.939. The lowest BCUT2D eigenvalue weighted by Crippen LogP contribution is -1.98. The largest absolute Gasteiger partial charge is 0.343 e. The van der Waals surface area contributed by atoms with Gasteiger partial charge in [0.2, 0.25) is 0 Å². The third-order valence-electron chi connectivity index (χ3n) is 3.60. The lowest BCUT2D eigenvalue weighted by atomic mass is 10.1. The average molecular weight is 235 g/mol. The van der Waals surface area contributed by atoms with E-state index in [0.717, 1.165) is 6.54 Å². The smallest absolute Gasteiger partial charge is 0.0483 e. The summed E-state index contributed by atoms with van der Waals surface area (Å²) < 4.78 is 2.30. The maximum Gasteiger partial charge on any atom is 0.0483 e. The van der Waals surface area contributed by atoms with Gasteiger partial charge in [0, 0.05) is 18.3 Å². The Bertz CT molecular complexity index is 692. The van der Waals surface area contributed by atoms with Gasteiger partial charge in [-0.05, 0) is 48.1 Å². The molecule has 0 fully saturated rings. The Balaban J connectivity index is 1.98. The molecular formula is C17H17N. The molecule has 3 rings (SSSR count). The number of fused-ring (bicyclic) bond motifs is 1. The van der Waals surface area contributed by atoms with Gasteiger partial charge in [-0.1, -0.05) is 36.4 Å². The third kappa shape index (κ3) is 1.92. The molecule has 0 aliphatic heterocycles. The standard InChI is InChI=1S/C17H17N/c1-13-7-8-15(11-14(13)2)12-18-10-9-16-5-3-4-6-17(16)18/h3-11H,12H2,1-2H3. The summed E-state index contributed by atoms with van der Waals surface area (Å²) in [5.74, 6) is 0. The number of aryl methyl sites for hydroxylation is 2. The molecule has 2 aromatic carbocycles. The van der Waals surface area contributed by atoms with Gasteiger partial charge in [-0.3, -0.25) is 0 Å². The predicted octanol–water partition coefficient (Wildman–Crippen LogP) is 4.31. The summed E-state index contributed by atoms with van der Waals surface area (Å²) in [6, 6.07) is 17.4. The molecular weight excluding hydrogens is 218 g/mol. The molecule has 1 aromatic heterocycles. The van der Waals surface area contributed by atoms with Crippen molar-refractivity contribution in [2.24, 2.45) is 0 Å². The molecule has 0 atom stereocenters. The quantitative estimate of drug-likeness (QED) is 0.624. The fourth-order valence-electron chi connectivity index (χ4n) is 2.38. The lowest BCUT2D eigenvalue weighted by Gasteiger charge is -2.08. The van der Waals surface area contributed by atoms with Gasteiger partial charge >= 0.3 is 0 Å². The maximum atomic E-state index is 2.30. The molecule has 3 aromatic rings. The van der Waals surface area contributed by atoms with Gasteiger partial charge in [-0.2, -0.15) is 0 Å². The van der Waals surface area contributed by atoms with Gasteiger partial charge < -0.3 is 4.57 Å². The van der Waals surface area contributed by atoms with Crippen molar-refractivity contribution in [2.75, 3.05) is 0 Å². The summed E-state index contributed by atoms with van der Waals surface area (Å²) in [4.78, 5) is 0. The van der Waals surface area contributed by atoms with Gasteiger partial charge in [-0.25, -0.2) is 0 Å². The van der Waals surface area contributed by atoms with Crippen molar-refractivity contribution >= 4 is 10.9 Å². The first-order chi connectivity index (χ1) is 8.74. The first kappa shape index (κ1) is 11.1. The van der Waals surface area contributed by atoms with Crippen LogP contribution in [-0.2, 0) is 6.54 Å². The molecule has 0 radical (unpaired) electrons. The van der Waals surface area contributed by atoms with Crippen molar-refractivity contribution in [1.82, 2.24) is 4.57 Å². The number of rotatable bonds is 2. The minimum Gasteiger partial charge on any atom is -0.343 e. The molecule has 0 N–H and O–H groups in total. The molecule has 0 saturated heterocycles. The Hall–Kier alpha value is -2.02. The van der Waals surface area contributed by atoms with E-state index in [1.807, 2.05) is 0 Å². The van der Waals surface area contributed by atoms with Crippen molar-refractivity contribution in [3.05, 3.63) is 71.4 Å². The van der Waals surface area contributed by atoms with E-state index in [1.54, 1.807) is 0 Å². The Morgan fingerprint density at radius 3 is 2.56 bits per heavy atom. The second-order valence-corrected chi connectivity index (χ2v) is 4.92. The van der Waals surface area contributed by atoms with Crippen molar-refractivity contribution in [1.29, 1.82) is 0 Å². The van der Waals surface area contributed by atoms with Crippen molar-refractivity contribution < 1.29 is 0 Å². The van der Waals surface area contributed by atoms with Crippen LogP contribution < -0.4 is 0 Å². The zero-order valence-corrected chi connectivity index (χ0v) is 10.9. The number of hydrogen-bond acceptors (Lipinski definition) is 0. The summed E-state index contributed by atoms with van der Waals surface area (Å²) in [6.07, 6.45) is 2.17. The second-order valence-electron chi connectivity index (χ2n) is 4.92. The van der Waals surface area contributed by atoms with Crippen LogP contribution in [0.1, 0.15) is 16.7 Å². The van der Waals surface area contributed by atoms with Gasteiger partial charge in [0.05, 0.1) is 0 Å². The highest BCUT2D eigenvalue weighted by molar-refractivity contribution is 5.80. The van der Waals surface area contributed by atoms with E-state index < -0.39 is 0 Å². The van der Waals surface area contributed by atoms with E-state index in [0.29, 0.717) is 0 Å². The predicted molar refractivity (Wildman–Crippen MR) is 77.0 cm³/mol. The molecule has 0 unspecified atom stereocenters. The zero-order valence-electron chi connectivity index (χ0n) is 10.9. The molecule has 0 aliphatic rings. The molecule has 1 heteroatoms. The Labute approximate surface area is 108 Å². The molecule has 18 heavy (non-hydrogen) atoms. The minimum absolute atomic E-state index is 0.939. The van der Waals surface area contributed by atoms with Crippen LogP contribution in [0.25, 0.3) is 10.9 Å². The molecule has 1 heterocycles.